The van der Waals surface area contributed by atoms with Crippen LogP contribution in [0.15, 0.2) is 46.5 Å². The number of allylic oxidation sites excluding steroid dienone is 4. The second kappa shape index (κ2) is 5.48. The van der Waals surface area contributed by atoms with E-state index in [4.69, 9.17) is 9.15 Å². The number of Topliss-reactive ketones (excluding diaryl/α,β-unsaturated/α-hetero) is 1. The van der Waals surface area contributed by atoms with Crippen molar-refractivity contribution in [3.05, 3.63) is 47.6 Å². The molecule has 0 radical (unpaired) electrons. The third kappa shape index (κ3) is 1.82. The van der Waals surface area contributed by atoms with Crippen LogP contribution in [0.1, 0.15) is 58.9 Å². The fourth-order valence-corrected chi connectivity index (χ4v) is 8.95. The van der Waals surface area contributed by atoms with E-state index in [1.165, 1.54) is 0 Å². The number of ether oxygens (including phenoxy) is 1. The lowest BCUT2D eigenvalue weighted by Gasteiger charge is -2.63. The van der Waals surface area contributed by atoms with Crippen molar-refractivity contribution in [2.24, 2.45) is 27.6 Å². The molecule has 3 fully saturated rings. The zero-order valence-electron chi connectivity index (χ0n) is 19.1. The first-order valence-electron chi connectivity index (χ1n) is 11.5. The van der Waals surface area contributed by atoms with E-state index in [0.717, 1.165) is 12.0 Å². The molecule has 2 heterocycles. The van der Waals surface area contributed by atoms with Crippen molar-refractivity contribution >= 4 is 11.6 Å². The van der Waals surface area contributed by atoms with E-state index in [2.05, 4.69) is 6.92 Å². The SMILES string of the molecule is CC1(C)C(=O)C=C[C@@]2(C)C1=C(O)C(=O)[C@]1(C)[C@H]2[C@H](O)C[C@@]2(C)[C@H](c3ccoc3)C[C@H]3O[C@]321. The molecule has 32 heavy (non-hydrogen) atoms. The molecule has 5 aliphatic rings. The Bertz CT molecular complexity index is 1130. The fraction of sp³-hybridized carbons (Fsp3) is 0.615. The van der Waals surface area contributed by atoms with Crippen LogP contribution >= 0.6 is 0 Å². The largest absolute Gasteiger partial charge is 0.504 e. The number of hydrogen-bond donors (Lipinski definition) is 2. The van der Waals surface area contributed by atoms with Crippen LogP contribution < -0.4 is 0 Å². The molecule has 6 heteroatoms. The minimum atomic E-state index is -1.13. The molecule has 1 spiro atoms. The number of furan rings is 1. The Morgan fingerprint density at radius 3 is 2.50 bits per heavy atom. The number of aliphatic hydroxyl groups is 2. The highest BCUT2D eigenvalue weighted by molar-refractivity contribution is 6.06. The van der Waals surface area contributed by atoms with Gasteiger partial charge >= 0.3 is 0 Å². The van der Waals surface area contributed by atoms with Crippen LogP contribution in [-0.4, -0.2) is 39.6 Å². The molecule has 6 rings (SSSR count). The summed E-state index contributed by atoms with van der Waals surface area (Å²) >= 11 is 0. The van der Waals surface area contributed by atoms with Crippen LogP contribution in [0.2, 0.25) is 0 Å². The van der Waals surface area contributed by atoms with E-state index in [1.807, 2.05) is 19.9 Å². The Kier molecular flexibility index (Phi) is 3.50. The van der Waals surface area contributed by atoms with Crippen molar-refractivity contribution in [1.82, 2.24) is 0 Å². The van der Waals surface area contributed by atoms with E-state index in [1.54, 1.807) is 38.5 Å². The lowest BCUT2D eigenvalue weighted by atomic mass is 9.38. The molecule has 2 N–H and O–H groups in total. The van der Waals surface area contributed by atoms with Crippen LogP contribution in [0.5, 0.6) is 0 Å². The van der Waals surface area contributed by atoms with E-state index in [9.17, 15) is 19.8 Å². The summed E-state index contributed by atoms with van der Waals surface area (Å²) in [5.41, 5.74) is -2.82. The Hall–Kier alpha value is -2.18. The molecular formula is C26H30O6. The predicted molar refractivity (Wildman–Crippen MR) is 115 cm³/mol. The second-order valence-electron chi connectivity index (χ2n) is 11.7. The first-order chi connectivity index (χ1) is 14.9. The molecule has 0 aromatic carbocycles. The normalized spacial score (nSPS) is 50.6. The molecule has 6 nitrogen and oxygen atoms in total. The molecule has 1 aromatic heterocycles. The number of carbonyl (C=O) groups is 2. The maximum atomic E-state index is 14.1. The lowest BCUT2D eigenvalue weighted by molar-refractivity contribution is -0.187. The molecule has 0 unspecified atom stereocenters. The van der Waals surface area contributed by atoms with Crippen LogP contribution in [0.25, 0.3) is 0 Å². The quantitative estimate of drug-likeness (QED) is 0.646. The van der Waals surface area contributed by atoms with Gasteiger partial charge in [-0.05, 0) is 62.8 Å². The van der Waals surface area contributed by atoms with Crippen molar-refractivity contribution < 1.29 is 29.0 Å². The van der Waals surface area contributed by atoms with Crippen molar-refractivity contribution in [3.8, 4) is 0 Å². The Morgan fingerprint density at radius 1 is 1.12 bits per heavy atom. The highest BCUT2D eigenvalue weighted by Gasteiger charge is 2.88. The van der Waals surface area contributed by atoms with Crippen LogP contribution in [0, 0.1) is 27.6 Å². The van der Waals surface area contributed by atoms with Crippen LogP contribution in [-0.2, 0) is 14.3 Å². The summed E-state index contributed by atoms with van der Waals surface area (Å²) in [6.45, 7) is 9.42. The molecule has 4 aliphatic carbocycles. The molecular weight excluding hydrogens is 408 g/mol. The minimum Gasteiger partial charge on any atom is -0.504 e. The first kappa shape index (κ1) is 20.4. The van der Waals surface area contributed by atoms with Gasteiger partial charge in [-0.3, -0.25) is 9.59 Å². The van der Waals surface area contributed by atoms with Crippen LogP contribution in [0.3, 0.4) is 0 Å². The zero-order chi connectivity index (χ0) is 23.1. The number of fused-ring (bicyclic) bond motifs is 3. The smallest absolute Gasteiger partial charge is 0.206 e. The fourth-order valence-electron chi connectivity index (χ4n) is 8.95. The Labute approximate surface area is 187 Å². The number of aliphatic hydroxyl groups excluding tert-OH is 2. The standard InChI is InChI=1S/C26H30O6/c1-22(2)16(28)6-8-23(3)19-15(27)11-24(4)14(13-7-9-31-12-13)10-17-26(24,32-17)25(19,5)21(30)18(29)20(22)23/h6-9,12,14-15,17,19,27,29H,10-11H2,1-5H3/t14-,15+,17+,19-,23+,24-,25-,26+/m0/s1. The molecule has 2 saturated carbocycles. The van der Waals surface area contributed by atoms with E-state index in [-0.39, 0.29) is 23.6 Å². The second-order valence-corrected chi connectivity index (χ2v) is 11.7. The van der Waals surface area contributed by atoms with Gasteiger partial charge in [-0.2, -0.15) is 0 Å². The maximum Gasteiger partial charge on any atom is 0.206 e. The topological polar surface area (TPSA) is 100 Å². The van der Waals surface area contributed by atoms with Gasteiger partial charge < -0.3 is 19.4 Å². The summed E-state index contributed by atoms with van der Waals surface area (Å²) in [7, 11) is 0. The van der Waals surface area contributed by atoms with Gasteiger partial charge in [0.2, 0.25) is 5.78 Å². The van der Waals surface area contributed by atoms with Gasteiger partial charge in [-0.25, -0.2) is 0 Å². The van der Waals surface area contributed by atoms with Gasteiger partial charge in [0.1, 0.15) is 5.60 Å². The van der Waals surface area contributed by atoms with Crippen LogP contribution in [0.4, 0.5) is 0 Å². The number of carbonyl (C=O) groups excluding carboxylic acids is 2. The Balaban J connectivity index is 1.60. The third-order valence-corrected chi connectivity index (χ3v) is 10.1. The molecule has 1 aromatic rings. The number of ketones is 2. The maximum absolute atomic E-state index is 14.1. The molecule has 0 amide bonds. The van der Waals surface area contributed by atoms with Crippen molar-refractivity contribution in [2.45, 2.75) is 71.2 Å². The Morgan fingerprint density at radius 2 is 1.84 bits per heavy atom. The summed E-state index contributed by atoms with van der Waals surface area (Å²) in [5, 5.41) is 23.1. The van der Waals surface area contributed by atoms with E-state index in [0.29, 0.717) is 12.0 Å². The van der Waals surface area contributed by atoms with Gasteiger partial charge in [0, 0.05) is 16.7 Å². The summed E-state index contributed by atoms with van der Waals surface area (Å²) in [6, 6.07) is 1.95. The van der Waals surface area contributed by atoms with Gasteiger partial charge in [-0.15, -0.1) is 0 Å². The van der Waals surface area contributed by atoms with Gasteiger partial charge in [0.05, 0.1) is 35.6 Å². The van der Waals surface area contributed by atoms with E-state index >= 15 is 0 Å². The molecule has 8 atom stereocenters. The first-order valence-corrected chi connectivity index (χ1v) is 11.5. The summed E-state index contributed by atoms with van der Waals surface area (Å²) in [4.78, 5) is 26.8. The van der Waals surface area contributed by atoms with Gasteiger partial charge in [-0.1, -0.05) is 19.9 Å². The highest BCUT2D eigenvalue weighted by Crippen LogP contribution is 2.81. The molecule has 1 aliphatic heterocycles. The monoisotopic (exact) mass is 438 g/mol. The lowest BCUT2D eigenvalue weighted by Crippen LogP contribution is -2.70. The number of rotatable bonds is 1. The average Bonchev–Trinajstić information content (AvgIpc) is 3.08. The molecule has 170 valence electrons. The highest BCUT2D eigenvalue weighted by atomic mass is 16.6. The van der Waals surface area contributed by atoms with Crippen molar-refractivity contribution in [3.63, 3.8) is 0 Å². The van der Waals surface area contributed by atoms with Crippen molar-refractivity contribution in [1.29, 1.82) is 0 Å². The van der Waals surface area contributed by atoms with E-state index < -0.39 is 45.1 Å². The van der Waals surface area contributed by atoms with Gasteiger partial charge in [0.25, 0.3) is 0 Å². The predicted octanol–water partition coefficient (Wildman–Crippen LogP) is 3.86. The summed E-state index contributed by atoms with van der Waals surface area (Å²) in [6.07, 6.45) is 7.02. The van der Waals surface area contributed by atoms with Crippen molar-refractivity contribution in [2.75, 3.05) is 0 Å². The molecule has 1 saturated heterocycles. The third-order valence-electron chi connectivity index (χ3n) is 10.1. The zero-order valence-corrected chi connectivity index (χ0v) is 19.1. The van der Waals surface area contributed by atoms with Gasteiger partial charge in [0.15, 0.2) is 11.5 Å². The number of epoxide rings is 1. The summed E-state index contributed by atoms with van der Waals surface area (Å²) in [5.74, 6) is -1.33. The minimum absolute atomic E-state index is 0.0838. The molecule has 0 bridgehead atoms. The average molecular weight is 439 g/mol. The summed E-state index contributed by atoms with van der Waals surface area (Å²) < 4.78 is 11.8. The number of hydrogen-bond acceptors (Lipinski definition) is 6.